The van der Waals surface area contributed by atoms with Gasteiger partial charge in [0.1, 0.15) is 0 Å². The van der Waals surface area contributed by atoms with Crippen molar-refractivity contribution in [1.82, 2.24) is 0 Å². The number of carbonyl (C=O) groups is 1. The average molecular weight is 129 g/mol. The number of carbonyl (C=O) groups excluding carboxylic acids is 1. The van der Waals surface area contributed by atoms with Crippen molar-refractivity contribution in [2.75, 3.05) is 7.11 Å². The molecule has 1 atom stereocenters. The van der Waals surface area contributed by atoms with Gasteiger partial charge >= 0.3 is 35.5 Å². The minimum absolute atomic E-state index is 0. The number of nitrogens with two attached hydrogens (primary N) is 1. The Labute approximate surface area is 69.3 Å². The first-order valence-electron chi connectivity index (χ1n) is 1.70. The molecule has 0 aliphatic heterocycles. The van der Waals surface area contributed by atoms with Gasteiger partial charge in [0.15, 0.2) is 0 Å². The average Bonchev–Trinajstić information content (AvgIpc) is 1.65. The molecule has 0 rings (SSSR count). The summed E-state index contributed by atoms with van der Waals surface area (Å²) < 4.78 is 4.00. The third-order valence-electron chi connectivity index (χ3n) is 0.443. The Bertz CT molecular complexity index is 74.9. The first-order chi connectivity index (χ1) is 3.18. The number of aliphatic hydroxyl groups is 1. The van der Waals surface area contributed by atoms with Gasteiger partial charge < -0.3 is 9.84 Å². The second-order valence-electron chi connectivity index (χ2n) is 0.968. The van der Waals surface area contributed by atoms with E-state index in [1.54, 1.807) is 0 Å². The van der Waals surface area contributed by atoms with Gasteiger partial charge in [-0.2, -0.15) is 0 Å². The molecule has 44 valence electrons. The molecule has 0 spiro atoms. The minimum atomic E-state index is -1.50. The van der Waals surface area contributed by atoms with Gasteiger partial charge in [-0.05, 0) is 0 Å². The zero-order chi connectivity index (χ0) is 5.86. The van der Waals surface area contributed by atoms with Crippen LogP contribution in [0.5, 0.6) is 0 Å². The van der Waals surface area contributed by atoms with Crippen LogP contribution in [0.4, 0.5) is 0 Å². The van der Waals surface area contributed by atoms with Crippen LogP contribution in [-0.2, 0) is 9.53 Å². The molecule has 0 aromatic heterocycles. The number of hydrogen-bond donors (Lipinski definition) is 2. The predicted molar refractivity (Wildman–Crippen MR) is 29.4 cm³/mol. The summed E-state index contributed by atoms with van der Waals surface area (Å²) in [6, 6.07) is 0. The summed E-state index contributed by atoms with van der Waals surface area (Å²) in [7, 11) is 1.15. The molecule has 0 fully saturated rings. The van der Waals surface area contributed by atoms with Gasteiger partial charge in [0.25, 0.3) is 0 Å². The van der Waals surface area contributed by atoms with Crippen molar-refractivity contribution in [1.29, 1.82) is 0 Å². The van der Waals surface area contributed by atoms with Crippen molar-refractivity contribution in [3.63, 3.8) is 0 Å². The van der Waals surface area contributed by atoms with Crippen LogP contribution in [0.1, 0.15) is 0 Å². The standard InChI is InChI=1S/C3H7NO3.Na.H/c1-7-3(6)2(4)5;;/h2,5H,4H2,1H3;;. The summed E-state index contributed by atoms with van der Waals surface area (Å²) in [5.41, 5.74) is 4.63. The Hall–Kier alpha value is 0.390. The van der Waals surface area contributed by atoms with E-state index in [1.165, 1.54) is 0 Å². The van der Waals surface area contributed by atoms with Crippen LogP contribution < -0.4 is 5.73 Å². The second kappa shape index (κ2) is 5.53. The molecule has 0 amide bonds. The number of esters is 1. The van der Waals surface area contributed by atoms with Crippen LogP contribution in [0.2, 0.25) is 0 Å². The summed E-state index contributed by atoms with van der Waals surface area (Å²) in [6.07, 6.45) is -1.50. The number of rotatable bonds is 1. The Morgan fingerprint density at radius 3 is 2.25 bits per heavy atom. The molecule has 0 saturated heterocycles. The predicted octanol–water partition coefficient (Wildman–Crippen LogP) is -2.21. The second-order valence-corrected chi connectivity index (χ2v) is 0.968. The number of ether oxygens (including phenoxy) is 1. The topological polar surface area (TPSA) is 72.5 Å². The van der Waals surface area contributed by atoms with Crippen LogP contribution in [0, 0.1) is 0 Å². The molecule has 5 heteroatoms. The third-order valence-corrected chi connectivity index (χ3v) is 0.443. The first kappa shape index (κ1) is 11.2. The Morgan fingerprint density at radius 2 is 2.25 bits per heavy atom. The Balaban J connectivity index is 0. The van der Waals surface area contributed by atoms with E-state index in [0.717, 1.165) is 7.11 Å². The van der Waals surface area contributed by atoms with Crippen molar-refractivity contribution in [3.8, 4) is 0 Å². The van der Waals surface area contributed by atoms with Crippen molar-refractivity contribution >= 4 is 35.5 Å². The first-order valence-corrected chi connectivity index (χ1v) is 1.70. The van der Waals surface area contributed by atoms with Crippen molar-refractivity contribution in [2.45, 2.75) is 6.23 Å². The van der Waals surface area contributed by atoms with Gasteiger partial charge in [0.2, 0.25) is 6.23 Å². The van der Waals surface area contributed by atoms with E-state index in [9.17, 15) is 4.79 Å². The van der Waals surface area contributed by atoms with Crippen LogP contribution in [-0.4, -0.2) is 54.0 Å². The van der Waals surface area contributed by atoms with Crippen LogP contribution in [0.15, 0.2) is 0 Å². The number of hydrogen-bond acceptors (Lipinski definition) is 4. The van der Waals surface area contributed by atoms with E-state index in [1.807, 2.05) is 0 Å². The summed E-state index contributed by atoms with van der Waals surface area (Å²) in [6.45, 7) is 0. The molecule has 0 aromatic rings. The summed E-state index contributed by atoms with van der Waals surface area (Å²) in [4.78, 5) is 9.91. The number of methoxy groups -OCH3 is 1. The van der Waals surface area contributed by atoms with Gasteiger partial charge in [0, 0.05) is 0 Å². The summed E-state index contributed by atoms with van der Waals surface area (Å²) in [5, 5.41) is 8.12. The van der Waals surface area contributed by atoms with Gasteiger partial charge in [-0.25, -0.2) is 4.79 Å². The van der Waals surface area contributed by atoms with Gasteiger partial charge in [-0.3, -0.25) is 5.73 Å². The van der Waals surface area contributed by atoms with Gasteiger partial charge in [-0.15, -0.1) is 0 Å². The fourth-order valence-electron chi connectivity index (χ4n) is 0.121. The van der Waals surface area contributed by atoms with Crippen molar-refractivity contribution in [2.24, 2.45) is 5.73 Å². The molecule has 4 nitrogen and oxygen atoms in total. The third kappa shape index (κ3) is 4.55. The molecule has 0 heterocycles. The van der Waals surface area contributed by atoms with E-state index in [2.05, 4.69) is 10.5 Å². The number of aliphatic hydroxyl groups excluding tert-OH is 1. The molecule has 8 heavy (non-hydrogen) atoms. The fourth-order valence-corrected chi connectivity index (χ4v) is 0.121. The van der Waals surface area contributed by atoms with E-state index in [4.69, 9.17) is 5.11 Å². The summed E-state index contributed by atoms with van der Waals surface area (Å²) >= 11 is 0. The van der Waals surface area contributed by atoms with Crippen LogP contribution >= 0.6 is 0 Å². The molecular formula is C3H8NNaO3. The van der Waals surface area contributed by atoms with Crippen LogP contribution in [0.3, 0.4) is 0 Å². The zero-order valence-electron chi connectivity index (χ0n) is 3.92. The van der Waals surface area contributed by atoms with E-state index in [0.29, 0.717) is 0 Å². The molecule has 3 N–H and O–H groups in total. The quantitative estimate of drug-likeness (QED) is 0.239. The van der Waals surface area contributed by atoms with Crippen molar-refractivity contribution in [3.05, 3.63) is 0 Å². The Morgan fingerprint density at radius 1 is 1.88 bits per heavy atom. The molecule has 0 radical (unpaired) electrons. The van der Waals surface area contributed by atoms with Gasteiger partial charge in [-0.1, -0.05) is 0 Å². The molecule has 0 bridgehead atoms. The summed E-state index contributed by atoms with van der Waals surface area (Å²) in [5.74, 6) is -0.819. The maximum atomic E-state index is 9.91. The van der Waals surface area contributed by atoms with E-state index >= 15 is 0 Å². The monoisotopic (exact) mass is 129 g/mol. The molecule has 0 saturated carbocycles. The molecule has 1 unspecified atom stereocenters. The van der Waals surface area contributed by atoms with Crippen molar-refractivity contribution < 1.29 is 14.6 Å². The maximum absolute atomic E-state index is 9.91. The fraction of sp³-hybridized carbons (Fsp3) is 0.667. The SMILES string of the molecule is COC(=O)C(N)O.[NaH]. The Kier molecular flexibility index (Phi) is 7.75. The molecule has 0 aromatic carbocycles. The normalized spacial score (nSPS) is 11.4. The molecule has 0 aliphatic carbocycles. The van der Waals surface area contributed by atoms with Gasteiger partial charge in [0.05, 0.1) is 7.11 Å². The molecule has 0 aliphatic rings. The van der Waals surface area contributed by atoms with E-state index < -0.39 is 12.2 Å². The zero-order valence-corrected chi connectivity index (χ0v) is 3.92. The van der Waals surface area contributed by atoms with Crippen LogP contribution in [0.25, 0.3) is 0 Å². The molecular weight excluding hydrogens is 121 g/mol. The van der Waals surface area contributed by atoms with E-state index in [-0.39, 0.29) is 29.6 Å².